The summed E-state index contributed by atoms with van der Waals surface area (Å²) in [6.07, 6.45) is 4.14. The van der Waals surface area contributed by atoms with Gasteiger partial charge in [-0.2, -0.15) is 5.10 Å². The molecule has 0 spiro atoms. The fraction of sp³-hybridized carbons (Fsp3) is 0.462. The Labute approximate surface area is 112 Å². The van der Waals surface area contributed by atoms with E-state index in [1.165, 1.54) is 0 Å². The second-order valence-electron chi connectivity index (χ2n) is 4.53. The molecule has 102 valence electrons. The van der Waals surface area contributed by atoms with Crippen LogP contribution in [0.1, 0.15) is 24.7 Å². The van der Waals surface area contributed by atoms with E-state index in [0.29, 0.717) is 11.6 Å². The van der Waals surface area contributed by atoms with Crippen LogP contribution in [-0.2, 0) is 0 Å². The Balaban J connectivity index is 2.26. The van der Waals surface area contributed by atoms with E-state index in [1.807, 2.05) is 26.8 Å². The van der Waals surface area contributed by atoms with E-state index >= 15 is 0 Å². The maximum absolute atomic E-state index is 9.19. The molecule has 2 aromatic heterocycles. The lowest BCUT2D eigenvalue weighted by atomic mass is 10.2. The number of rotatable bonds is 5. The number of aliphatic hydroxyl groups excluding tert-OH is 1. The molecule has 0 radical (unpaired) electrons. The molecule has 0 unspecified atom stereocenters. The van der Waals surface area contributed by atoms with Gasteiger partial charge in [0.1, 0.15) is 5.82 Å². The van der Waals surface area contributed by atoms with Crippen molar-refractivity contribution >= 4 is 5.82 Å². The molecule has 0 bridgehead atoms. The summed E-state index contributed by atoms with van der Waals surface area (Å²) >= 11 is 0. The van der Waals surface area contributed by atoms with Crippen LogP contribution in [0.15, 0.2) is 18.5 Å². The average molecular weight is 261 g/mol. The van der Waals surface area contributed by atoms with Crippen LogP contribution in [0.3, 0.4) is 0 Å². The standard InChI is InChI=1S/C13H19N5O/c1-4-11(8-19)15-12-6-14-7-13(16-12)18-10(3)5-9(2)17-18/h5-7,11,19H,4,8H2,1-3H3,(H,15,16)/t11-/m0/s1. The van der Waals surface area contributed by atoms with Crippen molar-refractivity contribution in [3.63, 3.8) is 0 Å². The van der Waals surface area contributed by atoms with Crippen LogP contribution >= 0.6 is 0 Å². The zero-order chi connectivity index (χ0) is 13.8. The lowest BCUT2D eigenvalue weighted by Crippen LogP contribution is -2.23. The summed E-state index contributed by atoms with van der Waals surface area (Å²) in [5, 5.41) is 16.7. The first kappa shape index (κ1) is 13.5. The molecule has 0 amide bonds. The number of hydrogen-bond acceptors (Lipinski definition) is 5. The van der Waals surface area contributed by atoms with E-state index in [4.69, 9.17) is 0 Å². The fourth-order valence-electron chi connectivity index (χ4n) is 1.87. The molecule has 0 aliphatic heterocycles. The molecular weight excluding hydrogens is 242 g/mol. The molecule has 0 saturated carbocycles. The molecule has 6 heteroatoms. The zero-order valence-corrected chi connectivity index (χ0v) is 11.5. The van der Waals surface area contributed by atoms with Gasteiger partial charge in [0, 0.05) is 5.69 Å². The summed E-state index contributed by atoms with van der Waals surface area (Å²) in [5.41, 5.74) is 1.96. The summed E-state index contributed by atoms with van der Waals surface area (Å²) in [4.78, 5) is 8.63. The Bertz CT molecular complexity index is 548. The van der Waals surface area contributed by atoms with Crippen LogP contribution in [0.4, 0.5) is 5.82 Å². The predicted octanol–water partition coefficient (Wildman–Crippen LogP) is 1.46. The van der Waals surface area contributed by atoms with Crippen molar-refractivity contribution in [2.24, 2.45) is 0 Å². The van der Waals surface area contributed by atoms with Crippen molar-refractivity contribution in [3.8, 4) is 5.82 Å². The van der Waals surface area contributed by atoms with Gasteiger partial charge >= 0.3 is 0 Å². The van der Waals surface area contributed by atoms with E-state index < -0.39 is 0 Å². The van der Waals surface area contributed by atoms with Gasteiger partial charge in [-0.25, -0.2) is 9.67 Å². The van der Waals surface area contributed by atoms with E-state index in [-0.39, 0.29) is 12.6 Å². The monoisotopic (exact) mass is 261 g/mol. The molecule has 6 nitrogen and oxygen atoms in total. The number of aryl methyl sites for hydroxylation is 2. The Kier molecular flexibility index (Phi) is 4.11. The number of anilines is 1. The topological polar surface area (TPSA) is 75.9 Å². The first-order valence-corrected chi connectivity index (χ1v) is 6.37. The number of nitrogens with one attached hydrogen (secondary N) is 1. The molecular formula is C13H19N5O. The smallest absolute Gasteiger partial charge is 0.174 e. The molecule has 19 heavy (non-hydrogen) atoms. The highest BCUT2D eigenvalue weighted by molar-refractivity contribution is 5.37. The highest BCUT2D eigenvalue weighted by Gasteiger charge is 2.09. The summed E-state index contributed by atoms with van der Waals surface area (Å²) in [6.45, 7) is 6.00. The van der Waals surface area contributed by atoms with Gasteiger partial charge in [0.25, 0.3) is 0 Å². The van der Waals surface area contributed by atoms with Crippen molar-refractivity contribution in [3.05, 3.63) is 29.8 Å². The van der Waals surface area contributed by atoms with Gasteiger partial charge in [-0.15, -0.1) is 0 Å². The lowest BCUT2D eigenvalue weighted by Gasteiger charge is -2.14. The van der Waals surface area contributed by atoms with Gasteiger partial charge in [-0.3, -0.25) is 4.98 Å². The lowest BCUT2D eigenvalue weighted by molar-refractivity contribution is 0.271. The fourth-order valence-corrected chi connectivity index (χ4v) is 1.87. The van der Waals surface area contributed by atoms with Crippen LogP contribution in [0.2, 0.25) is 0 Å². The van der Waals surface area contributed by atoms with Gasteiger partial charge in [0.05, 0.1) is 30.7 Å². The van der Waals surface area contributed by atoms with Crippen LogP contribution in [0, 0.1) is 13.8 Å². The van der Waals surface area contributed by atoms with Crippen molar-refractivity contribution in [1.82, 2.24) is 19.7 Å². The maximum atomic E-state index is 9.19. The zero-order valence-electron chi connectivity index (χ0n) is 11.5. The third-order valence-electron chi connectivity index (χ3n) is 2.91. The van der Waals surface area contributed by atoms with E-state index in [2.05, 4.69) is 20.4 Å². The molecule has 0 saturated heterocycles. The van der Waals surface area contributed by atoms with Crippen molar-refractivity contribution in [2.75, 3.05) is 11.9 Å². The molecule has 0 aromatic carbocycles. The van der Waals surface area contributed by atoms with Crippen molar-refractivity contribution in [1.29, 1.82) is 0 Å². The highest BCUT2D eigenvalue weighted by atomic mass is 16.3. The molecule has 0 aliphatic rings. The average Bonchev–Trinajstić information content (AvgIpc) is 2.75. The Morgan fingerprint density at radius 2 is 2.16 bits per heavy atom. The van der Waals surface area contributed by atoms with Crippen LogP contribution in [-0.4, -0.2) is 37.5 Å². The van der Waals surface area contributed by atoms with Gasteiger partial charge in [-0.1, -0.05) is 6.92 Å². The number of nitrogens with zero attached hydrogens (tertiary/aromatic N) is 4. The SMILES string of the molecule is CC[C@@H](CO)Nc1cncc(-n2nc(C)cc2C)n1. The third-order valence-corrected chi connectivity index (χ3v) is 2.91. The number of hydrogen-bond donors (Lipinski definition) is 2. The largest absolute Gasteiger partial charge is 0.394 e. The van der Waals surface area contributed by atoms with Crippen molar-refractivity contribution in [2.45, 2.75) is 33.2 Å². The first-order valence-electron chi connectivity index (χ1n) is 6.37. The van der Waals surface area contributed by atoms with Gasteiger partial charge in [-0.05, 0) is 26.3 Å². The van der Waals surface area contributed by atoms with Gasteiger partial charge < -0.3 is 10.4 Å². The normalized spacial score (nSPS) is 12.4. The Morgan fingerprint density at radius 1 is 1.37 bits per heavy atom. The molecule has 0 aliphatic carbocycles. The minimum Gasteiger partial charge on any atom is -0.394 e. The summed E-state index contributed by atoms with van der Waals surface area (Å²) in [5.74, 6) is 1.31. The second kappa shape index (κ2) is 5.79. The highest BCUT2D eigenvalue weighted by Crippen LogP contribution is 2.12. The van der Waals surface area contributed by atoms with Crippen LogP contribution in [0.5, 0.6) is 0 Å². The third kappa shape index (κ3) is 3.08. The second-order valence-corrected chi connectivity index (χ2v) is 4.53. The van der Waals surface area contributed by atoms with Crippen LogP contribution < -0.4 is 5.32 Å². The summed E-state index contributed by atoms with van der Waals surface area (Å²) < 4.78 is 1.76. The molecule has 1 atom stereocenters. The first-order chi connectivity index (χ1) is 9.13. The Hall–Kier alpha value is -1.95. The minimum absolute atomic E-state index is 0.00926. The quantitative estimate of drug-likeness (QED) is 0.852. The van der Waals surface area contributed by atoms with Crippen molar-refractivity contribution < 1.29 is 5.11 Å². The summed E-state index contributed by atoms with van der Waals surface area (Å²) in [6, 6.07) is 1.98. The summed E-state index contributed by atoms with van der Waals surface area (Å²) in [7, 11) is 0. The predicted molar refractivity (Wildman–Crippen MR) is 73.4 cm³/mol. The van der Waals surface area contributed by atoms with E-state index in [1.54, 1.807) is 17.1 Å². The van der Waals surface area contributed by atoms with E-state index in [9.17, 15) is 5.11 Å². The number of aliphatic hydroxyl groups is 1. The maximum Gasteiger partial charge on any atom is 0.174 e. The number of aromatic nitrogens is 4. The molecule has 2 aromatic rings. The molecule has 2 heterocycles. The molecule has 2 N–H and O–H groups in total. The van der Waals surface area contributed by atoms with E-state index in [0.717, 1.165) is 17.8 Å². The van der Waals surface area contributed by atoms with Crippen LogP contribution in [0.25, 0.3) is 5.82 Å². The van der Waals surface area contributed by atoms with Gasteiger partial charge in [0.15, 0.2) is 5.82 Å². The minimum atomic E-state index is -0.00926. The molecule has 0 fully saturated rings. The van der Waals surface area contributed by atoms with Gasteiger partial charge in [0.2, 0.25) is 0 Å². The Morgan fingerprint density at radius 3 is 2.74 bits per heavy atom. The molecule has 2 rings (SSSR count).